The van der Waals surface area contributed by atoms with Gasteiger partial charge in [-0.05, 0) is 53.4 Å². The molecule has 0 spiro atoms. The van der Waals surface area contributed by atoms with Gasteiger partial charge >= 0.3 is 59.1 Å². The number of carbonyl (C=O) groups excluding carboxylic acids is 1. The standard InChI is InChI=1S/C17H30NO5P.2Na/c1-14(2)7-5-8-15(3)9-6-10-16(4)11-12-23-18-17(19)13-24(20,21)22;;/h7,9,11H,5-6,8,10,12-13H2,1-4H3,(H,18,19)(H2,20,21,22);;/q;2*+1/p-2. The third-order valence-electron chi connectivity index (χ3n) is 3.16. The van der Waals surface area contributed by atoms with Crippen molar-refractivity contribution in [3.63, 3.8) is 0 Å². The van der Waals surface area contributed by atoms with Gasteiger partial charge in [0.05, 0.1) is 12.8 Å². The first kappa shape index (κ1) is 31.5. The van der Waals surface area contributed by atoms with Gasteiger partial charge in [-0.2, -0.15) is 0 Å². The quantitative estimate of drug-likeness (QED) is 0.126. The van der Waals surface area contributed by atoms with E-state index in [2.05, 4.69) is 32.9 Å². The molecule has 0 bridgehead atoms. The van der Waals surface area contributed by atoms with E-state index in [4.69, 9.17) is 4.84 Å². The molecule has 0 saturated heterocycles. The summed E-state index contributed by atoms with van der Waals surface area (Å²) in [4.78, 5) is 36.6. The van der Waals surface area contributed by atoms with Crippen LogP contribution in [-0.2, 0) is 14.2 Å². The number of allylic oxidation sites excluding steroid dienone is 5. The maximum absolute atomic E-state index is 11.0. The van der Waals surface area contributed by atoms with Gasteiger partial charge in [-0.15, -0.1) is 0 Å². The van der Waals surface area contributed by atoms with Gasteiger partial charge in [-0.25, -0.2) is 5.48 Å². The zero-order valence-electron chi connectivity index (χ0n) is 17.0. The van der Waals surface area contributed by atoms with Crippen LogP contribution in [0.2, 0.25) is 0 Å². The van der Waals surface area contributed by atoms with Crippen LogP contribution in [0.4, 0.5) is 0 Å². The first-order valence-corrected chi connectivity index (χ1v) is 9.69. The predicted molar refractivity (Wildman–Crippen MR) is 92.0 cm³/mol. The fourth-order valence-corrected chi connectivity index (χ4v) is 2.27. The molecular weight excluding hydrogens is 375 g/mol. The normalized spacial score (nSPS) is 11.9. The van der Waals surface area contributed by atoms with E-state index in [1.807, 2.05) is 12.4 Å². The number of hydrogen-bond acceptors (Lipinski definition) is 5. The van der Waals surface area contributed by atoms with Crippen molar-refractivity contribution in [2.24, 2.45) is 0 Å². The maximum atomic E-state index is 11.0. The Bertz CT molecular complexity index is 537. The van der Waals surface area contributed by atoms with E-state index in [-0.39, 0.29) is 65.7 Å². The molecule has 0 aromatic rings. The third kappa shape index (κ3) is 22.8. The van der Waals surface area contributed by atoms with Crippen LogP contribution in [0.25, 0.3) is 0 Å². The Morgan fingerprint density at radius 2 is 1.46 bits per heavy atom. The van der Waals surface area contributed by atoms with E-state index in [0.717, 1.165) is 31.3 Å². The van der Waals surface area contributed by atoms with Gasteiger partial charge in [0.25, 0.3) is 0 Å². The molecule has 1 N–H and O–H groups in total. The summed E-state index contributed by atoms with van der Waals surface area (Å²) in [5.41, 5.74) is 5.73. The van der Waals surface area contributed by atoms with E-state index in [1.54, 1.807) is 6.08 Å². The second kappa shape index (κ2) is 17.9. The average molecular weight is 403 g/mol. The van der Waals surface area contributed by atoms with E-state index < -0.39 is 19.7 Å². The monoisotopic (exact) mass is 403 g/mol. The molecule has 0 aromatic carbocycles. The summed E-state index contributed by atoms with van der Waals surface area (Å²) in [7, 11) is -4.85. The maximum Gasteiger partial charge on any atom is 1.00 e. The molecule has 0 unspecified atom stereocenters. The Kier molecular flexibility index (Phi) is 21.6. The van der Waals surface area contributed by atoms with Crippen molar-refractivity contribution < 1.29 is 83.1 Å². The predicted octanol–water partition coefficient (Wildman–Crippen LogP) is -3.62. The van der Waals surface area contributed by atoms with Crippen molar-refractivity contribution in [3.8, 4) is 0 Å². The molecule has 26 heavy (non-hydrogen) atoms. The van der Waals surface area contributed by atoms with Gasteiger partial charge in [0.15, 0.2) is 0 Å². The van der Waals surface area contributed by atoms with Crippen LogP contribution in [0.3, 0.4) is 0 Å². The summed E-state index contributed by atoms with van der Waals surface area (Å²) in [5, 5.41) is 0. The molecule has 0 saturated carbocycles. The minimum Gasteiger partial charge on any atom is -0.810 e. The van der Waals surface area contributed by atoms with Gasteiger partial charge < -0.3 is 14.4 Å². The second-order valence-electron chi connectivity index (χ2n) is 6.07. The van der Waals surface area contributed by atoms with E-state index in [1.165, 1.54) is 11.1 Å². The van der Waals surface area contributed by atoms with E-state index in [0.29, 0.717) is 0 Å². The SMILES string of the molecule is CC(C)=CCCC(C)=CCCC(C)=CCONC(=O)CP(=O)([O-])[O-].[Na+].[Na+]. The Morgan fingerprint density at radius 1 is 0.962 bits per heavy atom. The molecule has 1 amide bonds. The van der Waals surface area contributed by atoms with Crippen LogP contribution in [0.15, 0.2) is 34.9 Å². The van der Waals surface area contributed by atoms with E-state index in [9.17, 15) is 19.1 Å². The third-order valence-corrected chi connectivity index (χ3v) is 3.84. The molecule has 9 heteroatoms. The molecule has 138 valence electrons. The molecule has 0 aliphatic heterocycles. The Balaban J connectivity index is -0.00000264. The van der Waals surface area contributed by atoms with E-state index >= 15 is 0 Å². The zero-order chi connectivity index (χ0) is 18.6. The minimum absolute atomic E-state index is 0. The molecule has 0 heterocycles. The molecule has 0 aliphatic rings. The number of hydrogen-bond donors (Lipinski definition) is 1. The first-order chi connectivity index (χ1) is 11.1. The van der Waals surface area contributed by atoms with Crippen molar-refractivity contribution in [1.82, 2.24) is 5.48 Å². The molecule has 0 rings (SSSR count). The van der Waals surface area contributed by atoms with Crippen LogP contribution >= 0.6 is 7.60 Å². The average Bonchev–Trinajstić information content (AvgIpc) is 2.41. The minimum atomic E-state index is -4.85. The van der Waals surface area contributed by atoms with Gasteiger partial charge in [0.2, 0.25) is 5.91 Å². The Hall–Kier alpha value is 0.800. The van der Waals surface area contributed by atoms with Crippen molar-refractivity contribution in [2.45, 2.75) is 53.4 Å². The smallest absolute Gasteiger partial charge is 0.810 e. The van der Waals surface area contributed by atoms with Gasteiger partial charge in [-0.3, -0.25) is 9.63 Å². The summed E-state index contributed by atoms with van der Waals surface area (Å²) in [6, 6.07) is 0. The van der Waals surface area contributed by atoms with Crippen LogP contribution in [0.1, 0.15) is 53.4 Å². The number of amides is 1. The van der Waals surface area contributed by atoms with Crippen LogP contribution in [0.5, 0.6) is 0 Å². The zero-order valence-corrected chi connectivity index (χ0v) is 21.9. The molecule has 0 radical (unpaired) electrons. The van der Waals surface area contributed by atoms with Gasteiger partial charge in [0.1, 0.15) is 0 Å². The summed E-state index contributed by atoms with van der Waals surface area (Å²) in [5.74, 6) is -0.954. The van der Waals surface area contributed by atoms with Crippen LogP contribution < -0.4 is 74.4 Å². The van der Waals surface area contributed by atoms with Gasteiger partial charge in [-0.1, -0.05) is 42.5 Å². The Labute approximate surface area is 201 Å². The number of rotatable bonds is 11. The van der Waals surface area contributed by atoms with Crippen LogP contribution in [0, 0.1) is 0 Å². The largest absolute Gasteiger partial charge is 1.00 e. The molecule has 0 atom stereocenters. The number of hydroxylamine groups is 1. The summed E-state index contributed by atoms with van der Waals surface area (Å²) < 4.78 is 10.4. The molecule has 6 nitrogen and oxygen atoms in total. The van der Waals surface area contributed by atoms with Crippen molar-refractivity contribution in [1.29, 1.82) is 0 Å². The molecule has 0 aromatic heterocycles. The van der Waals surface area contributed by atoms with Crippen molar-refractivity contribution in [2.75, 3.05) is 12.8 Å². The topological polar surface area (TPSA) is 102 Å². The molecule has 0 aliphatic carbocycles. The number of nitrogens with one attached hydrogen (secondary N) is 1. The fraction of sp³-hybridized carbons (Fsp3) is 0.588. The Morgan fingerprint density at radius 3 is 1.96 bits per heavy atom. The van der Waals surface area contributed by atoms with Gasteiger partial charge in [0, 0.05) is 0 Å². The fourth-order valence-electron chi connectivity index (χ4n) is 1.85. The summed E-state index contributed by atoms with van der Waals surface area (Å²) >= 11 is 0. The second-order valence-corrected chi connectivity index (χ2v) is 7.60. The molecule has 0 fully saturated rings. The molecular formula is C17H28NNa2O5P. The van der Waals surface area contributed by atoms with Crippen molar-refractivity contribution >= 4 is 13.5 Å². The first-order valence-electron chi connectivity index (χ1n) is 7.96. The summed E-state index contributed by atoms with van der Waals surface area (Å²) in [6.45, 7) is 8.40. The van der Waals surface area contributed by atoms with Crippen molar-refractivity contribution in [3.05, 3.63) is 34.9 Å². The van der Waals surface area contributed by atoms with Crippen LogP contribution in [-0.4, -0.2) is 18.7 Å². The number of carbonyl (C=O) groups is 1. The summed E-state index contributed by atoms with van der Waals surface area (Å²) in [6.07, 6.45) is 9.11.